The van der Waals surface area contributed by atoms with Crippen molar-refractivity contribution >= 4 is 0 Å². The Kier molecular flexibility index (Phi) is 1.51. The molecule has 0 aromatic carbocycles. The summed E-state index contributed by atoms with van der Waals surface area (Å²) in [6.45, 7) is 1.83. The Balaban J connectivity index is 2.39. The standard InChI is InChI=1S/C5H10O3/c1-3-2-4(6)8-5(3)7/h3-7H,2H2,1H3. The van der Waals surface area contributed by atoms with Gasteiger partial charge < -0.3 is 14.9 Å². The monoisotopic (exact) mass is 118 g/mol. The van der Waals surface area contributed by atoms with E-state index >= 15 is 0 Å². The van der Waals surface area contributed by atoms with Crippen LogP contribution in [0.1, 0.15) is 13.3 Å². The Morgan fingerprint density at radius 3 is 2.25 bits per heavy atom. The fourth-order valence-electron chi connectivity index (χ4n) is 0.785. The van der Waals surface area contributed by atoms with E-state index in [0.29, 0.717) is 6.42 Å². The Morgan fingerprint density at radius 2 is 2.12 bits per heavy atom. The molecule has 1 aliphatic rings. The van der Waals surface area contributed by atoms with Crippen molar-refractivity contribution in [1.29, 1.82) is 0 Å². The molecule has 1 fully saturated rings. The van der Waals surface area contributed by atoms with Crippen LogP contribution in [0.5, 0.6) is 0 Å². The molecule has 48 valence electrons. The third-order valence-corrected chi connectivity index (χ3v) is 1.36. The van der Waals surface area contributed by atoms with Gasteiger partial charge in [-0.05, 0) is 0 Å². The number of ether oxygens (including phenoxy) is 1. The predicted octanol–water partition coefficient (Wildman–Crippen LogP) is -0.320. The molecule has 8 heavy (non-hydrogen) atoms. The van der Waals surface area contributed by atoms with Gasteiger partial charge >= 0.3 is 0 Å². The summed E-state index contributed by atoms with van der Waals surface area (Å²) in [6, 6.07) is 0. The van der Waals surface area contributed by atoms with E-state index in [1.807, 2.05) is 6.92 Å². The molecule has 0 aromatic heterocycles. The molecular formula is C5H10O3. The molecule has 2 N–H and O–H groups in total. The SMILES string of the molecule is CC1CC(O)OC1O. The number of aliphatic hydroxyl groups excluding tert-OH is 2. The van der Waals surface area contributed by atoms with Gasteiger partial charge in [0.05, 0.1) is 0 Å². The maximum absolute atomic E-state index is 8.79. The molecule has 0 aliphatic carbocycles. The molecule has 3 atom stereocenters. The van der Waals surface area contributed by atoms with Crippen molar-refractivity contribution in [2.75, 3.05) is 0 Å². The second-order valence-electron chi connectivity index (χ2n) is 2.19. The summed E-state index contributed by atoms with van der Waals surface area (Å²) in [4.78, 5) is 0. The lowest BCUT2D eigenvalue weighted by molar-refractivity contribution is -0.167. The zero-order valence-corrected chi connectivity index (χ0v) is 4.74. The van der Waals surface area contributed by atoms with Crippen LogP contribution in [0, 0.1) is 5.92 Å². The highest BCUT2D eigenvalue weighted by atomic mass is 16.7. The predicted molar refractivity (Wildman–Crippen MR) is 26.9 cm³/mol. The van der Waals surface area contributed by atoms with E-state index in [-0.39, 0.29) is 5.92 Å². The molecule has 0 saturated carbocycles. The summed E-state index contributed by atoms with van der Waals surface area (Å²) in [5, 5.41) is 17.5. The van der Waals surface area contributed by atoms with E-state index in [1.54, 1.807) is 0 Å². The Labute approximate surface area is 47.9 Å². The summed E-state index contributed by atoms with van der Waals surface area (Å²) in [7, 11) is 0. The average Bonchev–Trinajstić information content (AvgIpc) is 1.85. The Hall–Kier alpha value is -0.120. The van der Waals surface area contributed by atoms with Gasteiger partial charge in [-0.1, -0.05) is 6.92 Å². The summed E-state index contributed by atoms with van der Waals surface area (Å²) < 4.78 is 4.58. The van der Waals surface area contributed by atoms with E-state index < -0.39 is 12.6 Å². The van der Waals surface area contributed by atoms with Crippen LogP contribution in [-0.4, -0.2) is 22.8 Å². The number of hydrogen-bond donors (Lipinski definition) is 2. The molecule has 0 amide bonds. The molecule has 3 unspecified atom stereocenters. The smallest absolute Gasteiger partial charge is 0.160 e. The molecule has 3 heteroatoms. The van der Waals surface area contributed by atoms with Gasteiger partial charge in [0.15, 0.2) is 12.6 Å². The molecule has 1 heterocycles. The molecule has 1 rings (SSSR count). The zero-order valence-electron chi connectivity index (χ0n) is 4.74. The van der Waals surface area contributed by atoms with Crippen LogP contribution in [0.2, 0.25) is 0 Å². The van der Waals surface area contributed by atoms with Gasteiger partial charge in [-0.3, -0.25) is 0 Å². The normalized spacial score (nSPS) is 47.6. The summed E-state index contributed by atoms with van der Waals surface area (Å²) >= 11 is 0. The van der Waals surface area contributed by atoms with Crippen LogP contribution in [-0.2, 0) is 4.74 Å². The lowest BCUT2D eigenvalue weighted by Crippen LogP contribution is -2.11. The summed E-state index contributed by atoms with van der Waals surface area (Å²) in [5.74, 6) is 0.0741. The minimum Gasteiger partial charge on any atom is -0.368 e. The molecule has 1 aliphatic heterocycles. The van der Waals surface area contributed by atoms with Crippen LogP contribution in [0.4, 0.5) is 0 Å². The number of hydrogen-bond acceptors (Lipinski definition) is 3. The van der Waals surface area contributed by atoms with Gasteiger partial charge in [0.1, 0.15) is 0 Å². The van der Waals surface area contributed by atoms with Gasteiger partial charge in [-0.15, -0.1) is 0 Å². The second-order valence-corrected chi connectivity index (χ2v) is 2.19. The number of rotatable bonds is 0. The third kappa shape index (κ3) is 0.992. The molecule has 3 nitrogen and oxygen atoms in total. The maximum atomic E-state index is 8.79. The van der Waals surface area contributed by atoms with Gasteiger partial charge in [-0.2, -0.15) is 0 Å². The van der Waals surface area contributed by atoms with Gasteiger partial charge in [0, 0.05) is 12.3 Å². The van der Waals surface area contributed by atoms with E-state index in [9.17, 15) is 0 Å². The van der Waals surface area contributed by atoms with Crippen LogP contribution in [0.15, 0.2) is 0 Å². The molecule has 0 spiro atoms. The highest BCUT2D eigenvalue weighted by molar-refractivity contribution is 4.64. The van der Waals surface area contributed by atoms with E-state index in [2.05, 4.69) is 4.74 Å². The highest BCUT2D eigenvalue weighted by Gasteiger charge is 2.28. The van der Waals surface area contributed by atoms with Crippen molar-refractivity contribution in [3.8, 4) is 0 Å². The fourth-order valence-corrected chi connectivity index (χ4v) is 0.785. The summed E-state index contributed by atoms with van der Waals surface area (Å²) in [5.41, 5.74) is 0. The summed E-state index contributed by atoms with van der Waals surface area (Å²) in [6.07, 6.45) is -0.966. The van der Waals surface area contributed by atoms with Crippen molar-refractivity contribution < 1.29 is 14.9 Å². The minimum absolute atomic E-state index is 0.0741. The first-order chi connectivity index (χ1) is 3.70. The maximum Gasteiger partial charge on any atom is 0.160 e. The molecule has 1 saturated heterocycles. The molecule has 0 radical (unpaired) electrons. The lowest BCUT2D eigenvalue weighted by atomic mass is 10.1. The van der Waals surface area contributed by atoms with Crippen LogP contribution < -0.4 is 0 Å². The van der Waals surface area contributed by atoms with Crippen LogP contribution >= 0.6 is 0 Å². The van der Waals surface area contributed by atoms with E-state index in [1.165, 1.54) is 0 Å². The van der Waals surface area contributed by atoms with E-state index in [0.717, 1.165) is 0 Å². The first kappa shape index (κ1) is 6.01. The Morgan fingerprint density at radius 1 is 1.50 bits per heavy atom. The van der Waals surface area contributed by atoms with Gasteiger partial charge in [0.2, 0.25) is 0 Å². The molecule has 0 bridgehead atoms. The van der Waals surface area contributed by atoms with Gasteiger partial charge in [-0.25, -0.2) is 0 Å². The van der Waals surface area contributed by atoms with Crippen molar-refractivity contribution in [1.82, 2.24) is 0 Å². The third-order valence-electron chi connectivity index (χ3n) is 1.36. The first-order valence-corrected chi connectivity index (χ1v) is 2.71. The van der Waals surface area contributed by atoms with Crippen molar-refractivity contribution in [2.45, 2.75) is 25.9 Å². The molecular weight excluding hydrogens is 108 g/mol. The quantitative estimate of drug-likeness (QED) is 0.458. The topological polar surface area (TPSA) is 49.7 Å². The second kappa shape index (κ2) is 2.01. The van der Waals surface area contributed by atoms with Crippen molar-refractivity contribution in [3.63, 3.8) is 0 Å². The minimum atomic E-state index is -0.759. The van der Waals surface area contributed by atoms with Crippen molar-refractivity contribution in [2.24, 2.45) is 5.92 Å². The Bertz CT molecular complexity index is 73.7. The highest BCUT2D eigenvalue weighted by Crippen LogP contribution is 2.21. The largest absolute Gasteiger partial charge is 0.368 e. The lowest BCUT2D eigenvalue weighted by Gasteiger charge is -2.03. The van der Waals surface area contributed by atoms with Crippen LogP contribution in [0.3, 0.4) is 0 Å². The number of aliphatic hydroxyl groups is 2. The average molecular weight is 118 g/mol. The van der Waals surface area contributed by atoms with Crippen LogP contribution in [0.25, 0.3) is 0 Å². The first-order valence-electron chi connectivity index (χ1n) is 2.71. The fraction of sp³-hybridized carbons (Fsp3) is 1.00. The zero-order chi connectivity index (χ0) is 6.15. The van der Waals surface area contributed by atoms with Gasteiger partial charge in [0.25, 0.3) is 0 Å². The van der Waals surface area contributed by atoms with E-state index in [4.69, 9.17) is 10.2 Å². The molecule has 0 aromatic rings. The van der Waals surface area contributed by atoms with Crippen molar-refractivity contribution in [3.05, 3.63) is 0 Å².